The van der Waals surface area contributed by atoms with Gasteiger partial charge >= 0.3 is 0 Å². The summed E-state index contributed by atoms with van der Waals surface area (Å²) >= 11 is 4.52. The SMILES string of the molecule is CCCOP([O-])(=S)OCC. The first-order chi connectivity index (χ1) is 4.62. The van der Waals surface area contributed by atoms with E-state index in [1.54, 1.807) is 6.92 Å². The smallest absolute Gasteiger partial charge is 0.115 e. The summed E-state index contributed by atoms with van der Waals surface area (Å²) in [6, 6.07) is 0. The number of hydrogen-bond donors (Lipinski definition) is 0. The molecule has 0 aliphatic heterocycles. The molecule has 0 heterocycles. The van der Waals surface area contributed by atoms with Crippen LogP contribution in [0.15, 0.2) is 0 Å². The molecule has 0 aromatic carbocycles. The zero-order valence-electron chi connectivity index (χ0n) is 6.20. The minimum absolute atomic E-state index is 0.338. The van der Waals surface area contributed by atoms with Gasteiger partial charge in [-0.3, -0.25) is 0 Å². The number of hydrogen-bond acceptors (Lipinski definition) is 4. The van der Waals surface area contributed by atoms with Gasteiger partial charge in [0.15, 0.2) is 0 Å². The summed E-state index contributed by atoms with van der Waals surface area (Å²) in [6.07, 6.45) is 0.799. The van der Waals surface area contributed by atoms with Crippen LogP contribution >= 0.6 is 6.72 Å². The fraction of sp³-hybridized carbons (Fsp3) is 1.00. The summed E-state index contributed by atoms with van der Waals surface area (Å²) in [4.78, 5) is 10.9. The van der Waals surface area contributed by atoms with Gasteiger partial charge in [0.1, 0.15) is 6.72 Å². The fourth-order valence-corrected chi connectivity index (χ4v) is 1.74. The summed E-state index contributed by atoms with van der Waals surface area (Å²) in [5.74, 6) is 0. The molecule has 0 bridgehead atoms. The second-order valence-electron chi connectivity index (χ2n) is 1.70. The highest BCUT2D eigenvalue weighted by atomic mass is 32.5. The summed E-state index contributed by atoms with van der Waals surface area (Å²) in [5.41, 5.74) is 0. The molecule has 0 radical (unpaired) electrons. The van der Waals surface area contributed by atoms with Crippen LogP contribution in [0, 0.1) is 0 Å². The molecule has 0 aliphatic carbocycles. The Morgan fingerprint density at radius 3 is 2.40 bits per heavy atom. The summed E-state index contributed by atoms with van der Waals surface area (Å²) in [5, 5.41) is 0. The Balaban J connectivity index is 3.53. The first-order valence-corrected chi connectivity index (χ1v) is 5.78. The monoisotopic (exact) mass is 183 g/mol. The van der Waals surface area contributed by atoms with Gasteiger partial charge in [0.2, 0.25) is 0 Å². The Morgan fingerprint density at radius 1 is 1.40 bits per heavy atom. The van der Waals surface area contributed by atoms with E-state index in [0.717, 1.165) is 6.42 Å². The maximum atomic E-state index is 10.9. The van der Waals surface area contributed by atoms with Crippen molar-refractivity contribution in [1.82, 2.24) is 0 Å². The molecule has 5 heteroatoms. The fourth-order valence-electron chi connectivity index (χ4n) is 0.398. The number of rotatable bonds is 5. The van der Waals surface area contributed by atoms with E-state index in [9.17, 15) is 4.89 Å². The first kappa shape index (κ1) is 10.5. The zero-order chi connectivity index (χ0) is 8.04. The van der Waals surface area contributed by atoms with Crippen molar-refractivity contribution in [3.63, 3.8) is 0 Å². The summed E-state index contributed by atoms with van der Waals surface area (Å²) in [7, 11) is 0. The lowest BCUT2D eigenvalue weighted by Gasteiger charge is -2.26. The van der Waals surface area contributed by atoms with Gasteiger partial charge in [-0.25, -0.2) is 0 Å². The van der Waals surface area contributed by atoms with Crippen LogP contribution < -0.4 is 4.89 Å². The highest BCUT2D eigenvalue weighted by molar-refractivity contribution is 8.06. The van der Waals surface area contributed by atoms with E-state index in [1.807, 2.05) is 6.92 Å². The van der Waals surface area contributed by atoms with Crippen LogP contribution in [0.2, 0.25) is 0 Å². The van der Waals surface area contributed by atoms with Gasteiger partial charge in [0.25, 0.3) is 0 Å². The van der Waals surface area contributed by atoms with E-state index in [4.69, 9.17) is 4.52 Å². The predicted octanol–water partition coefficient (Wildman–Crippen LogP) is 1.03. The van der Waals surface area contributed by atoms with Crippen LogP contribution in [0.5, 0.6) is 0 Å². The predicted molar refractivity (Wildman–Crippen MR) is 42.2 cm³/mol. The second-order valence-corrected chi connectivity index (χ2v) is 4.45. The molecular weight excluding hydrogens is 171 g/mol. The van der Waals surface area contributed by atoms with Crippen molar-refractivity contribution in [1.29, 1.82) is 0 Å². The third-order valence-electron chi connectivity index (χ3n) is 0.741. The Kier molecular flexibility index (Phi) is 5.49. The van der Waals surface area contributed by atoms with E-state index in [0.29, 0.717) is 13.2 Å². The van der Waals surface area contributed by atoms with E-state index in [-0.39, 0.29) is 0 Å². The van der Waals surface area contributed by atoms with Crippen molar-refractivity contribution < 1.29 is 13.9 Å². The molecule has 0 N–H and O–H groups in total. The van der Waals surface area contributed by atoms with Crippen LogP contribution in [-0.2, 0) is 20.9 Å². The molecule has 0 aliphatic rings. The van der Waals surface area contributed by atoms with Crippen LogP contribution in [0.1, 0.15) is 20.3 Å². The quantitative estimate of drug-likeness (QED) is 0.597. The molecule has 0 amide bonds. The minimum atomic E-state index is -3.13. The van der Waals surface area contributed by atoms with Gasteiger partial charge < -0.3 is 13.9 Å². The molecule has 0 fully saturated rings. The lowest BCUT2D eigenvalue weighted by Crippen LogP contribution is -2.08. The third kappa shape index (κ3) is 5.33. The molecular formula is C5H12O3PS-. The normalized spacial score (nSPS) is 16.7. The molecule has 1 unspecified atom stereocenters. The van der Waals surface area contributed by atoms with Crippen LogP contribution in [-0.4, -0.2) is 13.2 Å². The minimum Gasteiger partial charge on any atom is -0.780 e. The summed E-state index contributed by atoms with van der Waals surface area (Å²) in [6.45, 7) is 1.26. The topological polar surface area (TPSA) is 41.5 Å². The standard InChI is InChI=1S/C5H13O3PS/c1-3-5-8-9(6,10)7-4-2/h3-5H2,1-2H3,(H,6,10)/p-1. The Bertz CT molecular complexity index is 128. The van der Waals surface area contributed by atoms with Crippen molar-refractivity contribution in [2.24, 2.45) is 0 Å². The van der Waals surface area contributed by atoms with Gasteiger partial charge in [-0.1, -0.05) is 18.7 Å². The van der Waals surface area contributed by atoms with Crippen molar-refractivity contribution >= 4 is 18.5 Å². The van der Waals surface area contributed by atoms with Gasteiger partial charge in [0, 0.05) is 0 Å². The third-order valence-corrected chi connectivity index (χ3v) is 2.45. The van der Waals surface area contributed by atoms with Gasteiger partial charge in [-0.2, -0.15) is 0 Å². The average Bonchev–Trinajstić information content (AvgIpc) is 1.84. The molecule has 0 spiro atoms. The lowest BCUT2D eigenvalue weighted by atomic mass is 10.5. The highest BCUT2D eigenvalue weighted by Crippen LogP contribution is 2.38. The van der Waals surface area contributed by atoms with Crippen molar-refractivity contribution in [3.05, 3.63) is 0 Å². The first-order valence-electron chi connectivity index (χ1n) is 3.22. The molecule has 62 valence electrons. The van der Waals surface area contributed by atoms with E-state index >= 15 is 0 Å². The van der Waals surface area contributed by atoms with Gasteiger partial charge in [-0.15, -0.1) is 0 Å². The maximum Gasteiger partial charge on any atom is 0.115 e. The molecule has 0 rings (SSSR count). The van der Waals surface area contributed by atoms with Gasteiger partial charge in [0.05, 0.1) is 13.2 Å². The lowest BCUT2D eigenvalue weighted by molar-refractivity contribution is -0.206. The van der Waals surface area contributed by atoms with Gasteiger partial charge in [-0.05, 0) is 13.3 Å². The largest absolute Gasteiger partial charge is 0.780 e. The second kappa shape index (κ2) is 5.22. The Morgan fingerprint density at radius 2 is 2.00 bits per heavy atom. The maximum absolute atomic E-state index is 10.9. The van der Waals surface area contributed by atoms with Crippen molar-refractivity contribution in [3.8, 4) is 0 Å². The molecule has 3 nitrogen and oxygen atoms in total. The Labute approximate surface area is 66.6 Å². The highest BCUT2D eigenvalue weighted by Gasteiger charge is 1.99. The molecule has 1 atom stereocenters. The molecule has 0 aromatic heterocycles. The molecule has 0 aromatic rings. The molecule has 0 saturated heterocycles. The van der Waals surface area contributed by atoms with Crippen molar-refractivity contribution in [2.45, 2.75) is 20.3 Å². The average molecular weight is 183 g/mol. The zero-order valence-corrected chi connectivity index (χ0v) is 7.91. The molecule has 10 heavy (non-hydrogen) atoms. The Hall–Kier alpha value is 0.530. The van der Waals surface area contributed by atoms with E-state index in [2.05, 4.69) is 16.3 Å². The van der Waals surface area contributed by atoms with Crippen LogP contribution in [0.25, 0.3) is 0 Å². The van der Waals surface area contributed by atoms with Crippen LogP contribution in [0.4, 0.5) is 0 Å². The summed E-state index contributed by atoms with van der Waals surface area (Å²) < 4.78 is 9.45. The van der Waals surface area contributed by atoms with Crippen molar-refractivity contribution in [2.75, 3.05) is 13.2 Å². The van der Waals surface area contributed by atoms with E-state index in [1.165, 1.54) is 0 Å². The molecule has 0 saturated carbocycles. The van der Waals surface area contributed by atoms with E-state index < -0.39 is 6.72 Å². The van der Waals surface area contributed by atoms with Crippen LogP contribution in [0.3, 0.4) is 0 Å².